The summed E-state index contributed by atoms with van der Waals surface area (Å²) in [4.78, 5) is 25.1. The third kappa shape index (κ3) is 9.28. The van der Waals surface area contributed by atoms with Crippen molar-refractivity contribution in [3.05, 3.63) is 120 Å². The molecule has 3 N–H and O–H groups in total. The lowest BCUT2D eigenvalue weighted by Crippen LogP contribution is -2.34. The van der Waals surface area contributed by atoms with Gasteiger partial charge in [-0.3, -0.25) is 14.9 Å². The summed E-state index contributed by atoms with van der Waals surface area (Å²) >= 11 is 5.33. The summed E-state index contributed by atoms with van der Waals surface area (Å²) in [6, 6.07) is 33.3. The largest absolute Gasteiger partial charge is 0.490 e. The molecule has 4 rings (SSSR count). The van der Waals surface area contributed by atoms with Crippen LogP contribution in [0.2, 0.25) is 0 Å². The third-order valence-corrected chi connectivity index (χ3v) is 5.78. The first-order valence-electron chi connectivity index (χ1n) is 12.5. The van der Waals surface area contributed by atoms with Crippen LogP contribution in [0, 0.1) is 0 Å². The van der Waals surface area contributed by atoms with Crippen LogP contribution >= 0.6 is 12.2 Å². The fraction of sp³-hybridized carbons (Fsp3) is 0.129. The van der Waals surface area contributed by atoms with Crippen LogP contribution < -0.4 is 25.4 Å². The van der Waals surface area contributed by atoms with E-state index in [4.69, 9.17) is 21.7 Å². The smallest absolute Gasteiger partial charge is 0.257 e. The van der Waals surface area contributed by atoms with Gasteiger partial charge in [-0.2, -0.15) is 0 Å². The SMILES string of the molecule is O=C(CCc1ccccc1)Nc1cccc(NC(=S)NC(=O)c2cccc(OCCOc3ccccc3)c2)c1. The maximum absolute atomic E-state index is 12.7. The molecule has 0 aliphatic carbocycles. The van der Waals surface area contributed by atoms with E-state index in [0.717, 1.165) is 11.3 Å². The first-order valence-corrected chi connectivity index (χ1v) is 12.9. The van der Waals surface area contributed by atoms with E-state index >= 15 is 0 Å². The zero-order valence-electron chi connectivity index (χ0n) is 21.3. The fourth-order valence-electron chi connectivity index (χ4n) is 3.70. The molecule has 0 aromatic heterocycles. The van der Waals surface area contributed by atoms with Gasteiger partial charge in [-0.25, -0.2) is 0 Å². The van der Waals surface area contributed by atoms with Crippen LogP contribution in [-0.4, -0.2) is 30.1 Å². The second-order valence-electron chi connectivity index (χ2n) is 8.56. The van der Waals surface area contributed by atoms with Gasteiger partial charge in [0.1, 0.15) is 24.7 Å². The lowest BCUT2D eigenvalue weighted by molar-refractivity contribution is -0.116. The fourth-order valence-corrected chi connectivity index (χ4v) is 3.91. The topological polar surface area (TPSA) is 88.7 Å². The number of nitrogens with one attached hydrogen (secondary N) is 3. The molecule has 198 valence electrons. The van der Waals surface area contributed by atoms with Crippen LogP contribution in [0.25, 0.3) is 0 Å². The van der Waals surface area contributed by atoms with Crippen molar-refractivity contribution < 1.29 is 19.1 Å². The van der Waals surface area contributed by atoms with Crippen LogP contribution in [0.3, 0.4) is 0 Å². The average molecular weight is 540 g/mol. The van der Waals surface area contributed by atoms with Crippen LogP contribution in [0.15, 0.2) is 109 Å². The predicted octanol–water partition coefficient (Wildman–Crippen LogP) is 5.84. The van der Waals surface area contributed by atoms with Crippen molar-refractivity contribution in [2.24, 2.45) is 0 Å². The molecule has 0 fully saturated rings. The Hall–Kier alpha value is -4.69. The Morgan fingerprint density at radius 2 is 1.28 bits per heavy atom. The number of ether oxygens (including phenoxy) is 2. The summed E-state index contributed by atoms with van der Waals surface area (Å²) in [7, 11) is 0. The van der Waals surface area contributed by atoms with E-state index < -0.39 is 0 Å². The highest BCUT2D eigenvalue weighted by atomic mass is 32.1. The Bertz CT molecular complexity index is 1400. The van der Waals surface area contributed by atoms with Gasteiger partial charge in [0.2, 0.25) is 5.91 Å². The Balaban J connectivity index is 1.22. The quantitative estimate of drug-likeness (QED) is 0.164. The van der Waals surface area contributed by atoms with Crippen molar-refractivity contribution in [2.75, 3.05) is 23.8 Å². The first kappa shape index (κ1) is 27.3. The average Bonchev–Trinajstić information content (AvgIpc) is 2.95. The summed E-state index contributed by atoms with van der Waals surface area (Å²) in [5.74, 6) is 0.865. The van der Waals surface area contributed by atoms with Crippen LogP contribution in [-0.2, 0) is 11.2 Å². The minimum atomic E-state index is -0.371. The van der Waals surface area contributed by atoms with Gasteiger partial charge in [0.05, 0.1) is 0 Å². The van der Waals surface area contributed by atoms with Gasteiger partial charge in [0.15, 0.2) is 5.11 Å². The normalized spacial score (nSPS) is 10.3. The zero-order valence-corrected chi connectivity index (χ0v) is 22.1. The summed E-state index contributed by atoms with van der Waals surface area (Å²) in [5.41, 5.74) is 2.78. The standard InChI is InChI=1S/C31H29N3O4S/c35-29(18-17-23-9-3-1-4-10-23)32-25-12-8-13-26(22-25)33-31(39)34-30(36)24-11-7-16-28(21-24)38-20-19-37-27-14-5-2-6-15-27/h1-16,21-22H,17-20H2,(H,32,35)(H2,33,34,36,39). The van der Waals surface area contributed by atoms with Crippen LogP contribution in [0.5, 0.6) is 11.5 Å². The Kier molecular flexibility index (Phi) is 10.0. The van der Waals surface area contributed by atoms with Crippen molar-refractivity contribution in [1.29, 1.82) is 0 Å². The number of anilines is 2. The summed E-state index contributed by atoms with van der Waals surface area (Å²) in [6.45, 7) is 0.708. The number of carbonyl (C=O) groups is 2. The molecule has 0 saturated heterocycles. The highest BCUT2D eigenvalue weighted by molar-refractivity contribution is 7.80. The summed E-state index contributed by atoms with van der Waals surface area (Å²) in [5, 5.41) is 8.69. The minimum absolute atomic E-state index is 0.0828. The number of rotatable bonds is 11. The number of benzene rings is 4. The number of thiocarbonyl (C=S) groups is 1. The number of amides is 2. The van der Waals surface area contributed by atoms with Crippen molar-refractivity contribution in [1.82, 2.24) is 5.32 Å². The second kappa shape index (κ2) is 14.3. The van der Waals surface area contributed by atoms with Crippen molar-refractivity contribution in [3.63, 3.8) is 0 Å². The molecule has 0 aliphatic heterocycles. The zero-order chi connectivity index (χ0) is 27.3. The molecule has 0 saturated carbocycles. The molecule has 4 aromatic rings. The van der Waals surface area contributed by atoms with E-state index in [-0.39, 0.29) is 16.9 Å². The maximum atomic E-state index is 12.7. The van der Waals surface area contributed by atoms with Gasteiger partial charge in [-0.05, 0) is 72.7 Å². The molecule has 8 heteroatoms. The Morgan fingerprint density at radius 1 is 0.667 bits per heavy atom. The van der Waals surface area contributed by atoms with Gasteiger partial charge in [0.25, 0.3) is 5.91 Å². The molecule has 0 spiro atoms. The molecule has 2 amide bonds. The predicted molar refractivity (Wildman–Crippen MR) is 157 cm³/mol. The summed E-state index contributed by atoms with van der Waals surface area (Å²) in [6.07, 6.45) is 1.04. The monoisotopic (exact) mass is 539 g/mol. The molecule has 0 radical (unpaired) electrons. The van der Waals surface area contributed by atoms with Crippen molar-refractivity contribution in [2.45, 2.75) is 12.8 Å². The Labute approximate surface area is 233 Å². The van der Waals surface area contributed by atoms with Gasteiger partial charge in [-0.1, -0.05) is 60.7 Å². The molecule has 0 heterocycles. The molecule has 4 aromatic carbocycles. The van der Waals surface area contributed by atoms with E-state index in [1.165, 1.54) is 0 Å². The molecule has 0 aliphatic rings. The van der Waals surface area contributed by atoms with Gasteiger partial charge in [-0.15, -0.1) is 0 Å². The van der Waals surface area contributed by atoms with Crippen LogP contribution in [0.1, 0.15) is 22.3 Å². The van der Waals surface area contributed by atoms with E-state index in [1.807, 2.05) is 60.7 Å². The van der Waals surface area contributed by atoms with E-state index in [1.54, 1.807) is 48.5 Å². The Morgan fingerprint density at radius 3 is 2.03 bits per heavy atom. The third-order valence-electron chi connectivity index (χ3n) is 5.58. The number of aryl methyl sites for hydroxylation is 1. The number of para-hydroxylation sites is 1. The minimum Gasteiger partial charge on any atom is -0.490 e. The summed E-state index contributed by atoms with van der Waals surface area (Å²) < 4.78 is 11.3. The first-order chi connectivity index (χ1) is 19.0. The molecule has 0 unspecified atom stereocenters. The molecule has 0 atom stereocenters. The highest BCUT2D eigenvalue weighted by Crippen LogP contribution is 2.17. The van der Waals surface area contributed by atoms with Gasteiger partial charge >= 0.3 is 0 Å². The van der Waals surface area contributed by atoms with Crippen molar-refractivity contribution in [3.8, 4) is 11.5 Å². The van der Waals surface area contributed by atoms with Crippen molar-refractivity contribution >= 4 is 40.5 Å². The van der Waals surface area contributed by atoms with Gasteiger partial charge < -0.3 is 20.1 Å². The van der Waals surface area contributed by atoms with E-state index in [2.05, 4.69) is 16.0 Å². The second-order valence-corrected chi connectivity index (χ2v) is 8.97. The highest BCUT2D eigenvalue weighted by Gasteiger charge is 2.10. The van der Waals surface area contributed by atoms with Crippen LogP contribution in [0.4, 0.5) is 11.4 Å². The number of carbonyl (C=O) groups excluding carboxylic acids is 2. The maximum Gasteiger partial charge on any atom is 0.257 e. The number of hydrogen-bond donors (Lipinski definition) is 3. The molecular weight excluding hydrogens is 510 g/mol. The number of hydrogen-bond acceptors (Lipinski definition) is 5. The van der Waals surface area contributed by atoms with Gasteiger partial charge in [0, 0.05) is 23.4 Å². The molecule has 39 heavy (non-hydrogen) atoms. The lowest BCUT2D eigenvalue weighted by atomic mass is 10.1. The molecule has 0 bridgehead atoms. The molecule has 7 nitrogen and oxygen atoms in total. The van der Waals surface area contributed by atoms with E-state index in [9.17, 15) is 9.59 Å². The molecular formula is C31H29N3O4S. The lowest BCUT2D eigenvalue weighted by Gasteiger charge is -2.12. The van der Waals surface area contributed by atoms with E-state index in [0.29, 0.717) is 48.7 Å².